The minimum absolute atomic E-state index is 0.253. The molecular formula is C87H147NO13. The second-order valence-electron chi connectivity index (χ2n) is 27.8. The van der Waals surface area contributed by atoms with Gasteiger partial charge in [-0.05, 0) is 116 Å². The van der Waals surface area contributed by atoms with E-state index in [4.69, 9.17) is 18.9 Å². The van der Waals surface area contributed by atoms with Gasteiger partial charge in [0.05, 0.1) is 32.0 Å². The highest BCUT2D eigenvalue weighted by atomic mass is 16.7. The van der Waals surface area contributed by atoms with Gasteiger partial charge in [-0.25, -0.2) is 0 Å². The molecule has 2 aliphatic heterocycles. The van der Waals surface area contributed by atoms with Gasteiger partial charge in [0.1, 0.15) is 48.8 Å². The van der Waals surface area contributed by atoms with E-state index in [2.05, 4.69) is 153 Å². The van der Waals surface area contributed by atoms with Crippen LogP contribution in [0.25, 0.3) is 0 Å². The number of unbranched alkanes of at least 4 members (excludes halogenated alkanes) is 31. The second-order valence-corrected chi connectivity index (χ2v) is 27.8. The number of amides is 1. The summed E-state index contributed by atoms with van der Waals surface area (Å²) in [5.74, 6) is -0.263. The Bertz CT molecular complexity index is 2260. The van der Waals surface area contributed by atoms with Crippen LogP contribution in [0, 0.1) is 0 Å². The Morgan fingerprint density at radius 1 is 0.366 bits per heavy atom. The van der Waals surface area contributed by atoms with Crippen LogP contribution in [0.15, 0.2) is 146 Å². The molecule has 0 saturated carbocycles. The predicted octanol–water partition coefficient (Wildman–Crippen LogP) is 18.7. The molecule has 0 aromatic heterocycles. The molecule has 1 amide bonds. The van der Waals surface area contributed by atoms with Crippen LogP contribution in [0.3, 0.4) is 0 Å². The molecule has 2 rings (SSSR count). The molecule has 0 aliphatic carbocycles. The highest BCUT2D eigenvalue weighted by Gasteiger charge is 2.51. The summed E-state index contributed by atoms with van der Waals surface area (Å²) in [6.07, 6.45) is 87.8. The summed E-state index contributed by atoms with van der Waals surface area (Å²) >= 11 is 0. The van der Waals surface area contributed by atoms with Crippen molar-refractivity contribution in [1.29, 1.82) is 0 Å². The maximum absolute atomic E-state index is 13.4. The topological polar surface area (TPSA) is 228 Å². The van der Waals surface area contributed by atoms with Crippen LogP contribution in [0.5, 0.6) is 0 Å². The lowest BCUT2D eigenvalue weighted by molar-refractivity contribution is -0.359. The zero-order valence-corrected chi connectivity index (χ0v) is 63.3. The maximum atomic E-state index is 13.4. The second kappa shape index (κ2) is 68.9. The predicted molar refractivity (Wildman–Crippen MR) is 419 cm³/mol. The summed E-state index contributed by atoms with van der Waals surface area (Å²) in [6, 6.07) is -0.954. The fraction of sp³-hybridized carbons (Fsp3) is 0.713. The van der Waals surface area contributed by atoms with Gasteiger partial charge in [-0.3, -0.25) is 4.79 Å². The lowest BCUT2D eigenvalue weighted by atomic mass is 9.97. The lowest BCUT2D eigenvalue weighted by Gasteiger charge is -2.46. The number of allylic oxidation sites excluding steroid dienone is 23. The number of aliphatic hydroxyl groups excluding tert-OH is 8. The van der Waals surface area contributed by atoms with E-state index in [-0.39, 0.29) is 18.9 Å². The van der Waals surface area contributed by atoms with E-state index >= 15 is 0 Å². The minimum Gasteiger partial charge on any atom is -0.394 e. The Kier molecular flexibility index (Phi) is 63.5. The molecule has 0 bridgehead atoms. The molecule has 578 valence electrons. The highest BCUT2D eigenvalue weighted by molar-refractivity contribution is 5.76. The maximum Gasteiger partial charge on any atom is 0.220 e. The van der Waals surface area contributed by atoms with Gasteiger partial charge >= 0.3 is 0 Å². The molecule has 12 unspecified atom stereocenters. The number of carbonyl (C=O) groups is 1. The number of hydrogen-bond acceptors (Lipinski definition) is 13. The number of carbonyl (C=O) groups excluding carboxylic acids is 1. The average molecular weight is 1420 g/mol. The van der Waals surface area contributed by atoms with Gasteiger partial charge in [0.2, 0.25) is 5.91 Å². The van der Waals surface area contributed by atoms with Gasteiger partial charge in [0.15, 0.2) is 12.6 Å². The van der Waals surface area contributed by atoms with Crippen LogP contribution in [-0.2, 0) is 23.7 Å². The van der Waals surface area contributed by atoms with E-state index in [1.807, 2.05) is 6.08 Å². The Hall–Kier alpha value is -4.13. The number of aliphatic hydroxyl groups is 8. The highest BCUT2D eigenvalue weighted by Crippen LogP contribution is 2.30. The molecule has 2 heterocycles. The summed E-state index contributed by atoms with van der Waals surface area (Å²) in [7, 11) is 0. The first-order chi connectivity index (χ1) is 49.6. The third kappa shape index (κ3) is 51.7. The molecule has 14 heteroatoms. The van der Waals surface area contributed by atoms with Crippen LogP contribution in [0.1, 0.15) is 303 Å². The first-order valence-electron chi connectivity index (χ1n) is 40.6. The summed E-state index contributed by atoms with van der Waals surface area (Å²) in [5, 5.41) is 87.7. The molecule has 0 aromatic rings. The van der Waals surface area contributed by atoms with Crippen LogP contribution >= 0.6 is 0 Å². The normalized spacial score (nSPS) is 22.6. The SMILES string of the molecule is CC/C=C\C/C=C\C/C=C\C/C=C\C/C=C\C/C=C\C/C=C\C/C=C\C/C=C\CCCCCCCCCCCC(=O)NC(COC1OC(CO)C(OC2OC(CO)C(O)C(O)C2O)C(O)C1O)C(O)/C=C/CC/C=C/CC/C=C/CCCCCCCCCCCCCCCCCCCCCC. The zero-order chi connectivity index (χ0) is 73.0. The number of nitrogens with one attached hydrogen (secondary N) is 1. The molecule has 9 N–H and O–H groups in total. The fourth-order valence-corrected chi connectivity index (χ4v) is 12.4. The quantitative estimate of drug-likeness (QED) is 0.0204. The average Bonchev–Trinajstić information content (AvgIpc) is 0.792. The molecule has 12 atom stereocenters. The van der Waals surface area contributed by atoms with E-state index in [1.165, 1.54) is 154 Å². The van der Waals surface area contributed by atoms with Crippen LogP contribution in [-0.4, -0.2) is 140 Å². The van der Waals surface area contributed by atoms with Crippen molar-refractivity contribution in [2.75, 3.05) is 19.8 Å². The van der Waals surface area contributed by atoms with E-state index in [9.17, 15) is 45.6 Å². The Morgan fingerprint density at radius 2 is 0.693 bits per heavy atom. The monoisotopic (exact) mass is 1410 g/mol. The molecule has 2 saturated heterocycles. The Balaban J connectivity index is 1.66. The largest absolute Gasteiger partial charge is 0.394 e. The third-order valence-electron chi connectivity index (χ3n) is 18.7. The summed E-state index contributed by atoms with van der Waals surface area (Å²) in [4.78, 5) is 13.4. The van der Waals surface area contributed by atoms with Crippen molar-refractivity contribution in [2.45, 2.75) is 376 Å². The number of rotatable bonds is 66. The standard InChI is InChI=1S/C87H147NO13/c1-3-5-7-9-11-13-15-17-19-21-23-25-27-29-31-33-35-36-37-38-39-40-41-43-45-47-49-51-53-55-57-59-61-63-65-67-69-71-79(92)88-75(74-98-86-84(97)82(95)85(78(73-90)100-86)101-87-83(96)81(94)80(93)77(72-89)99-87)76(91)70-68-66-64-62-60-58-56-54-52-50-48-46-44-42-34-32-30-28-26-24-22-20-18-16-14-12-10-8-6-4-2/h5,7,11,13,17,19,23,25,29,31,35-36,38-39,41,43,47,49,52,54,60,62,68,70,75-78,80-87,89-91,93-97H,3-4,6,8-10,12,14-16,18,20-22,24,26-28,30,32-34,37,40,42,44-46,48,50-51,53,55-59,61,63-67,69,71-74H2,1-2H3,(H,88,92)/b7-5-,13-11-,19-17-,25-23-,31-29-,36-35-,39-38-,43-41-,49-47-,54-52+,62-60+,70-68+. The molecular weight excluding hydrogens is 1270 g/mol. The lowest BCUT2D eigenvalue weighted by Crippen LogP contribution is -2.65. The first kappa shape index (κ1) is 93.0. The van der Waals surface area contributed by atoms with Crippen molar-refractivity contribution in [3.8, 4) is 0 Å². The van der Waals surface area contributed by atoms with Crippen molar-refractivity contribution in [3.63, 3.8) is 0 Å². The van der Waals surface area contributed by atoms with Crippen molar-refractivity contribution >= 4 is 5.91 Å². The first-order valence-corrected chi connectivity index (χ1v) is 40.6. The van der Waals surface area contributed by atoms with Gasteiger partial charge < -0.3 is 65.1 Å². The van der Waals surface area contributed by atoms with E-state index in [0.717, 1.165) is 116 Å². The Morgan fingerprint density at radius 3 is 1.09 bits per heavy atom. The molecule has 14 nitrogen and oxygen atoms in total. The van der Waals surface area contributed by atoms with Crippen molar-refractivity contribution < 1.29 is 64.6 Å². The third-order valence-corrected chi connectivity index (χ3v) is 18.7. The molecule has 2 fully saturated rings. The molecule has 101 heavy (non-hydrogen) atoms. The van der Waals surface area contributed by atoms with Crippen LogP contribution in [0.2, 0.25) is 0 Å². The van der Waals surface area contributed by atoms with Crippen LogP contribution in [0.4, 0.5) is 0 Å². The van der Waals surface area contributed by atoms with E-state index in [0.29, 0.717) is 12.8 Å². The van der Waals surface area contributed by atoms with Gasteiger partial charge in [-0.15, -0.1) is 0 Å². The summed E-state index contributed by atoms with van der Waals surface area (Å²) in [5.41, 5.74) is 0. The van der Waals surface area contributed by atoms with Crippen LogP contribution < -0.4 is 5.32 Å². The number of hydrogen-bond donors (Lipinski definition) is 9. The van der Waals surface area contributed by atoms with E-state index < -0.39 is 86.8 Å². The molecule has 0 spiro atoms. The molecule has 0 radical (unpaired) electrons. The van der Waals surface area contributed by atoms with E-state index in [1.54, 1.807) is 6.08 Å². The summed E-state index contributed by atoms with van der Waals surface area (Å²) < 4.78 is 22.9. The number of ether oxygens (including phenoxy) is 4. The van der Waals surface area contributed by atoms with Crippen molar-refractivity contribution in [2.24, 2.45) is 0 Å². The van der Waals surface area contributed by atoms with Crippen molar-refractivity contribution in [3.05, 3.63) is 146 Å². The smallest absolute Gasteiger partial charge is 0.220 e. The van der Waals surface area contributed by atoms with Gasteiger partial charge in [0.25, 0.3) is 0 Å². The van der Waals surface area contributed by atoms with Gasteiger partial charge in [-0.2, -0.15) is 0 Å². The summed E-state index contributed by atoms with van der Waals surface area (Å²) in [6.45, 7) is 2.68. The van der Waals surface area contributed by atoms with Crippen molar-refractivity contribution in [1.82, 2.24) is 5.32 Å². The minimum atomic E-state index is -1.80. The molecule has 0 aromatic carbocycles. The fourth-order valence-electron chi connectivity index (χ4n) is 12.4. The van der Waals surface area contributed by atoms with Gasteiger partial charge in [-0.1, -0.05) is 327 Å². The van der Waals surface area contributed by atoms with Gasteiger partial charge in [0, 0.05) is 6.42 Å². The zero-order valence-electron chi connectivity index (χ0n) is 63.3. The molecule has 2 aliphatic rings. The Labute approximate surface area is 614 Å².